The number of likely N-dealkylation sites (tertiary alicyclic amines) is 1. The molecule has 1 fully saturated rings. The monoisotopic (exact) mass is 372 g/mol. The molecule has 0 aromatic heterocycles. The van der Waals surface area contributed by atoms with Gasteiger partial charge in [-0.25, -0.2) is 0 Å². The maximum Gasteiger partial charge on any atom is 0.258 e. The van der Waals surface area contributed by atoms with Crippen molar-refractivity contribution in [2.45, 2.75) is 19.5 Å². The van der Waals surface area contributed by atoms with Gasteiger partial charge < -0.3 is 20.0 Å². The van der Waals surface area contributed by atoms with Gasteiger partial charge in [-0.2, -0.15) is 0 Å². The highest BCUT2D eigenvalue weighted by molar-refractivity contribution is 6.32. The number of amides is 2. The minimum absolute atomic E-state index is 0.00192. The molecule has 2 aliphatic heterocycles. The van der Waals surface area contributed by atoms with Crippen LogP contribution in [0.5, 0.6) is 11.5 Å². The minimum atomic E-state index is -0.400. The Balaban J connectivity index is 1.62. The lowest BCUT2D eigenvalue weighted by Crippen LogP contribution is -2.42. The molecule has 2 amide bonds. The lowest BCUT2D eigenvalue weighted by atomic mass is 10.0. The molecule has 134 valence electrons. The van der Waals surface area contributed by atoms with Gasteiger partial charge >= 0.3 is 0 Å². The Bertz CT molecular complexity index is 924. The number of phenols is 2. The number of hydrogen-bond donors (Lipinski definition) is 2. The highest BCUT2D eigenvalue weighted by atomic mass is 35.5. The highest BCUT2D eigenvalue weighted by Gasteiger charge is 2.31. The first-order valence-corrected chi connectivity index (χ1v) is 8.74. The fourth-order valence-corrected chi connectivity index (χ4v) is 3.51. The molecule has 1 saturated heterocycles. The Kier molecular flexibility index (Phi) is 4.00. The largest absolute Gasteiger partial charge is 0.507 e. The fourth-order valence-electron chi connectivity index (χ4n) is 3.35. The van der Waals surface area contributed by atoms with Crippen LogP contribution in [0.1, 0.15) is 38.3 Å². The van der Waals surface area contributed by atoms with Crippen LogP contribution in [0, 0.1) is 0 Å². The summed E-state index contributed by atoms with van der Waals surface area (Å²) < 4.78 is 0. The molecule has 0 aliphatic carbocycles. The van der Waals surface area contributed by atoms with Gasteiger partial charge in [-0.15, -0.1) is 0 Å². The Hall–Kier alpha value is -2.73. The van der Waals surface area contributed by atoms with E-state index in [1.807, 2.05) is 12.1 Å². The van der Waals surface area contributed by atoms with Crippen LogP contribution < -0.4 is 0 Å². The predicted molar refractivity (Wildman–Crippen MR) is 95.3 cm³/mol. The molecule has 0 atom stereocenters. The van der Waals surface area contributed by atoms with Crippen LogP contribution in [0.15, 0.2) is 30.3 Å². The molecule has 2 heterocycles. The summed E-state index contributed by atoms with van der Waals surface area (Å²) in [6.45, 7) is 2.19. The summed E-state index contributed by atoms with van der Waals surface area (Å²) in [5.74, 6) is -1.02. The first kappa shape index (κ1) is 16.7. The normalized spacial score (nSPS) is 15.6. The highest BCUT2D eigenvalue weighted by Crippen LogP contribution is 2.34. The van der Waals surface area contributed by atoms with Crippen LogP contribution in [0.2, 0.25) is 5.02 Å². The molecule has 0 saturated carbocycles. The summed E-state index contributed by atoms with van der Waals surface area (Å²) in [6, 6.07) is 7.83. The molecule has 26 heavy (non-hydrogen) atoms. The van der Waals surface area contributed by atoms with Gasteiger partial charge in [0.05, 0.1) is 10.6 Å². The van der Waals surface area contributed by atoms with E-state index in [2.05, 4.69) is 0 Å². The van der Waals surface area contributed by atoms with Crippen molar-refractivity contribution in [2.75, 3.05) is 13.1 Å². The van der Waals surface area contributed by atoms with E-state index in [1.54, 1.807) is 15.9 Å². The third-order valence-corrected chi connectivity index (χ3v) is 5.24. The van der Waals surface area contributed by atoms with Gasteiger partial charge in [0, 0.05) is 37.8 Å². The van der Waals surface area contributed by atoms with Gasteiger partial charge in [-0.05, 0) is 29.7 Å². The number of phenolic OH excluding ortho intramolecular Hbond substituents is 2. The van der Waals surface area contributed by atoms with Crippen molar-refractivity contribution < 1.29 is 19.8 Å². The van der Waals surface area contributed by atoms with Gasteiger partial charge in [-0.1, -0.05) is 23.7 Å². The van der Waals surface area contributed by atoms with E-state index in [4.69, 9.17) is 11.6 Å². The second kappa shape index (κ2) is 6.21. The Morgan fingerprint density at radius 2 is 1.65 bits per heavy atom. The summed E-state index contributed by atoms with van der Waals surface area (Å²) >= 11 is 5.87. The van der Waals surface area contributed by atoms with E-state index >= 15 is 0 Å². The lowest BCUT2D eigenvalue weighted by molar-refractivity contribution is 0.0646. The quantitative estimate of drug-likeness (QED) is 0.849. The number of carbonyl (C=O) groups excluding carboxylic acids is 2. The molecule has 2 aliphatic rings. The molecule has 0 spiro atoms. The summed E-state index contributed by atoms with van der Waals surface area (Å²) in [4.78, 5) is 28.8. The fraction of sp³-hybridized carbons (Fsp3) is 0.263. The van der Waals surface area contributed by atoms with Crippen LogP contribution in [0.25, 0.3) is 0 Å². The molecule has 2 aromatic rings. The molecular formula is C19H17ClN2O4. The summed E-state index contributed by atoms with van der Waals surface area (Å²) in [5.41, 5.74) is 2.43. The first-order valence-electron chi connectivity index (χ1n) is 8.36. The molecule has 2 N–H and O–H groups in total. The number of hydrogen-bond acceptors (Lipinski definition) is 4. The zero-order chi connectivity index (χ0) is 18.4. The third-order valence-electron chi connectivity index (χ3n) is 4.94. The molecule has 4 rings (SSSR count). The number of aromatic hydroxyl groups is 2. The van der Waals surface area contributed by atoms with Gasteiger partial charge in [0.2, 0.25) is 0 Å². The second-order valence-electron chi connectivity index (χ2n) is 6.57. The zero-order valence-electron chi connectivity index (χ0n) is 13.9. The van der Waals surface area contributed by atoms with Crippen molar-refractivity contribution in [3.63, 3.8) is 0 Å². The molecule has 2 aromatic carbocycles. The number of carbonyl (C=O) groups is 2. The van der Waals surface area contributed by atoms with E-state index in [1.165, 1.54) is 6.07 Å². The summed E-state index contributed by atoms with van der Waals surface area (Å²) in [5, 5.41) is 19.5. The van der Waals surface area contributed by atoms with Crippen molar-refractivity contribution in [1.29, 1.82) is 0 Å². The molecule has 0 unspecified atom stereocenters. The lowest BCUT2D eigenvalue weighted by Gasteiger charge is -2.31. The van der Waals surface area contributed by atoms with Crippen molar-refractivity contribution in [3.05, 3.63) is 57.6 Å². The predicted octanol–water partition coefficient (Wildman–Crippen LogP) is 2.75. The van der Waals surface area contributed by atoms with Crippen LogP contribution in [0.3, 0.4) is 0 Å². The van der Waals surface area contributed by atoms with E-state index in [0.717, 1.165) is 36.7 Å². The number of rotatable bonds is 2. The number of fused-ring (bicyclic) bond motifs is 1. The Labute approximate surface area is 155 Å². The molecule has 7 heteroatoms. The van der Waals surface area contributed by atoms with Gasteiger partial charge in [0.1, 0.15) is 11.5 Å². The van der Waals surface area contributed by atoms with Crippen LogP contribution >= 0.6 is 11.6 Å². The van der Waals surface area contributed by atoms with E-state index in [9.17, 15) is 19.8 Å². The molecule has 6 nitrogen and oxygen atoms in total. The van der Waals surface area contributed by atoms with Crippen molar-refractivity contribution >= 4 is 23.4 Å². The maximum absolute atomic E-state index is 12.8. The zero-order valence-corrected chi connectivity index (χ0v) is 14.7. The average Bonchev–Trinajstić information content (AvgIpc) is 3.00. The smallest absolute Gasteiger partial charge is 0.258 e. The SMILES string of the molecule is O=C(c1cc(Cl)c(O)cc1O)N1Cc2cccc(C(=O)N3CCC3)c2C1. The van der Waals surface area contributed by atoms with E-state index in [-0.39, 0.29) is 28.0 Å². The minimum Gasteiger partial charge on any atom is -0.507 e. The van der Waals surface area contributed by atoms with Crippen molar-refractivity contribution in [3.8, 4) is 11.5 Å². The molecule has 0 bridgehead atoms. The second-order valence-corrected chi connectivity index (χ2v) is 6.98. The Morgan fingerprint density at radius 1 is 0.923 bits per heavy atom. The molecular weight excluding hydrogens is 356 g/mol. The van der Waals surface area contributed by atoms with Crippen molar-refractivity contribution in [2.24, 2.45) is 0 Å². The Morgan fingerprint density at radius 3 is 2.35 bits per heavy atom. The van der Waals surface area contributed by atoms with E-state index in [0.29, 0.717) is 18.7 Å². The van der Waals surface area contributed by atoms with Gasteiger partial charge in [-0.3, -0.25) is 9.59 Å². The maximum atomic E-state index is 12.8. The first-order chi connectivity index (χ1) is 12.5. The number of nitrogens with zero attached hydrogens (tertiary/aromatic N) is 2. The summed E-state index contributed by atoms with van der Waals surface area (Å²) in [6.07, 6.45) is 1.02. The van der Waals surface area contributed by atoms with Crippen molar-refractivity contribution in [1.82, 2.24) is 9.80 Å². The van der Waals surface area contributed by atoms with Crippen LogP contribution in [0.4, 0.5) is 0 Å². The van der Waals surface area contributed by atoms with Crippen LogP contribution in [-0.2, 0) is 13.1 Å². The number of benzene rings is 2. The summed E-state index contributed by atoms with van der Waals surface area (Å²) in [7, 11) is 0. The average molecular weight is 373 g/mol. The number of halogens is 1. The van der Waals surface area contributed by atoms with Crippen LogP contribution in [-0.4, -0.2) is 44.9 Å². The standard InChI is InChI=1S/C19H17ClN2O4/c20-15-7-13(16(23)8-17(15)24)19(26)22-9-11-3-1-4-12(14(11)10-22)18(25)21-5-2-6-21/h1,3-4,7-8,23-24H,2,5-6,9-10H2. The third kappa shape index (κ3) is 2.66. The topological polar surface area (TPSA) is 81.1 Å². The van der Waals surface area contributed by atoms with Gasteiger partial charge in [0.25, 0.3) is 11.8 Å². The van der Waals surface area contributed by atoms with Gasteiger partial charge in [0.15, 0.2) is 0 Å². The van der Waals surface area contributed by atoms with E-state index < -0.39 is 5.91 Å². The molecule has 0 radical (unpaired) electrons.